The predicted octanol–water partition coefficient (Wildman–Crippen LogP) is 4.64. The highest BCUT2D eigenvalue weighted by Crippen LogP contribution is 2.38. The fourth-order valence-electron chi connectivity index (χ4n) is 4.29. The van der Waals surface area contributed by atoms with Crippen LogP contribution in [0.5, 0.6) is 11.5 Å². The van der Waals surface area contributed by atoms with Gasteiger partial charge in [-0.15, -0.1) is 0 Å². The zero-order valence-electron chi connectivity index (χ0n) is 18.7. The minimum Gasteiger partial charge on any atom is -0.490 e. The van der Waals surface area contributed by atoms with E-state index in [9.17, 15) is 14.9 Å². The fourth-order valence-corrected chi connectivity index (χ4v) is 4.29. The number of hydrogen-bond donors (Lipinski definition) is 0. The SMILES string of the molecule is CCOc1cc(C=Nn2c(C3CCCCC3)nc3ccccc3c2=O)cc([N+](=O)[O-])c1OC. The molecule has 4 rings (SSSR count). The van der Waals surface area contributed by atoms with Crippen LogP contribution in [0.3, 0.4) is 0 Å². The number of nitro benzene ring substituents is 1. The van der Waals surface area contributed by atoms with Crippen LogP contribution in [-0.2, 0) is 0 Å². The Morgan fingerprint density at radius 3 is 2.70 bits per heavy atom. The molecule has 1 fully saturated rings. The summed E-state index contributed by atoms with van der Waals surface area (Å²) >= 11 is 0. The molecule has 33 heavy (non-hydrogen) atoms. The Balaban J connectivity index is 1.84. The lowest BCUT2D eigenvalue weighted by Crippen LogP contribution is -2.25. The van der Waals surface area contributed by atoms with E-state index in [0.29, 0.717) is 28.9 Å². The van der Waals surface area contributed by atoms with E-state index in [-0.39, 0.29) is 28.7 Å². The molecular formula is C24H26N4O5. The van der Waals surface area contributed by atoms with Crippen molar-refractivity contribution in [2.45, 2.75) is 44.9 Å². The van der Waals surface area contributed by atoms with Gasteiger partial charge in [0.05, 0.1) is 35.8 Å². The van der Waals surface area contributed by atoms with Crippen LogP contribution in [0.1, 0.15) is 56.3 Å². The predicted molar refractivity (Wildman–Crippen MR) is 126 cm³/mol. The number of rotatable bonds is 7. The Bertz CT molecular complexity index is 1260. The highest BCUT2D eigenvalue weighted by Gasteiger charge is 2.23. The summed E-state index contributed by atoms with van der Waals surface area (Å²) in [7, 11) is 1.36. The highest BCUT2D eigenvalue weighted by molar-refractivity contribution is 5.83. The van der Waals surface area contributed by atoms with E-state index in [0.717, 1.165) is 25.7 Å². The molecule has 0 aliphatic heterocycles. The minimum absolute atomic E-state index is 0.0476. The number of methoxy groups -OCH3 is 1. The zero-order valence-corrected chi connectivity index (χ0v) is 18.7. The molecule has 172 valence electrons. The molecule has 1 aliphatic carbocycles. The number of fused-ring (bicyclic) bond motifs is 1. The first-order valence-corrected chi connectivity index (χ1v) is 11.1. The third-order valence-electron chi connectivity index (χ3n) is 5.83. The molecule has 9 nitrogen and oxygen atoms in total. The summed E-state index contributed by atoms with van der Waals surface area (Å²) in [6.07, 6.45) is 6.66. The van der Waals surface area contributed by atoms with Gasteiger partial charge < -0.3 is 9.47 Å². The lowest BCUT2D eigenvalue weighted by molar-refractivity contribution is -0.385. The number of aromatic nitrogens is 2. The number of para-hydroxylation sites is 1. The van der Waals surface area contributed by atoms with Gasteiger partial charge in [0, 0.05) is 17.5 Å². The van der Waals surface area contributed by atoms with Gasteiger partial charge >= 0.3 is 5.69 Å². The average Bonchev–Trinajstić information content (AvgIpc) is 2.83. The maximum absolute atomic E-state index is 13.3. The molecule has 1 aromatic heterocycles. The molecule has 0 unspecified atom stereocenters. The van der Waals surface area contributed by atoms with Crippen LogP contribution >= 0.6 is 0 Å². The molecule has 0 radical (unpaired) electrons. The second kappa shape index (κ2) is 9.81. The lowest BCUT2D eigenvalue weighted by Gasteiger charge is -2.22. The molecule has 1 aliphatic rings. The third-order valence-corrected chi connectivity index (χ3v) is 5.83. The van der Waals surface area contributed by atoms with E-state index < -0.39 is 4.92 Å². The monoisotopic (exact) mass is 450 g/mol. The van der Waals surface area contributed by atoms with Crippen molar-refractivity contribution in [2.75, 3.05) is 13.7 Å². The molecule has 1 heterocycles. The Kier molecular flexibility index (Phi) is 6.67. The van der Waals surface area contributed by atoms with E-state index in [1.807, 2.05) is 12.1 Å². The smallest absolute Gasteiger partial charge is 0.315 e. The quantitative estimate of drug-likeness (QED) is 0.295. The fraction of sp³-hybridized carbons (Fsp3) is 0.375. The summed E-state index contributed by atoms with van der Waals surface area (Å²) in [5.41, 5.74) is 0.570. The Labute approximate surface area is 190 Å². The van der Waals surface area contributed by atoms with Crippen molar-refractivity contribution >= 4 is 22.8 Å². The van der Waals surface area contributed by atoms with E-state index in [4.69, 9.17) is 14.5 Å². The van der Waals surface area contributed by atoms with Gasteiger partial charge in [0.1, 0.15) is 5.82 Å². The molecule has 3 aromatic rings. The summed E-state index contributed by atoms with van der Waals surface area (Å²) in [6, 6.07) is 10.2. The van der Waals surface area contributed by atoms with Crippen molar-refractivity contribution < 1.29 is 14.4 Å². The largest absolute Gasteiger partial charge is 0.490 e. The molecule has 0 spiro atoms. The van der Waals surface area contributed by atoms with Crippen LogP contribution < -0.4 is 15.0 Å². The number of hydrogen-bond acceptors (Lipinski definition) is 7. The molecular weight excluding hydrogens is 424 g/mol. The maximum Gasteiger partial charge on any atom is 0.315 e. The number of benzene rings is 2. The van der Waals surface area contributed by atoms with Crippen LogP contribution in [0.25, 0.3) is 10.9 Å². The van der Waals surface area contributed by atoms with Crippen molar-refractivity contribution in [1.82, 2.24) is 9.66 Å². The molecule has 0 bridgehead atoms. The highest BCUT2D eigenvalue weighted by atomic mass is 16.6. The molecule has 1 saturated carbocycles. The first-order chi connectivity index (χ1) is 16.0. The summed E-state index contributed by atoms with van der Waals surface area (Å²) in [5, 5.41) is 16.5. The average molecular weight is 450 g/mol. The zero-order chi connectivity index (χ0) is 23.4. The normalized spacial score (nSPS) is 14.6. The van der Waals surface area contributed by atoms with Crippen molar-refractivity contribution in [3.63, 3.8) is 0 Å². The van der Waals surface area contributed by atoms with Crippen LogP contribution in [-0.4, -0.2) is 34.5 Å². The van der Waals surface area contributed by atoms with Gasteiger partial charge in [-0.05, 0) is 38.0 Å². The summed E-state index contributed by atoms with van der Waals surface area (Å²) in [5.74, 6) is 1.05. The van der Waals surface area contributed by atoms with E-state index in [1.54, 1.807) is 25.1 Å². The van der Waals surface area contributed by atoms with E-state index in [1.165, 1.54) is 30.5 Å². The molecule has 0 atom stereocenters. The van der Waals surface area contributed by atoms with Gasteiger partial charge in [-0.2, -0.15) is 9.78 Å². The first kappa shape index (κ1) is 22.4. The van der Waals surface area contributed by atoms with Gasteiger partial charge in [-0.1, -0.05) is 31.4 Å². The van der Waals surface area contributed by atoms with Gasteiger partial charge in [0.25, 0.3) is 5.56 Å². The van der Waals surface area contributed by atoms with Crippen molar-refractivity contribution in [1.29, 1.82) is 0 Å². The molecule has 2 aromatic carbocycles. The summed E-state index contributed by atoms with van der Waals surface area (Å²) < 4.78 is 12.1. The topological polar surface area (TPSA) is 109 Å². The van der Waals surface area contributed by atoms with Crippen LogP contribution in [0.15, 0.2) is 46.3 Å². The second-order valence-corrected chi connectivity index (χ2v) is 7.95. The minimum atomic E-state index is -0.532. The van der Waals surface area contributed by atoms with E-state index in [2.05, 4.69) is 5.10 Å². The van der Waals surface area contributed by atoms with Crippen LogP contribution in [0.2, 0.25) is 0 Å². The van der Waals surface area contributed by atoms with Gasteiger partial charge in [0.15, 0.2) is 5.75 Å². The third kappa shape index (κ3) is 4.57. The molecule has 0 amide bonds. The molecule has 0 saturated heterocycles. The van der Waals surface area contributed by atoms with E-state index >= 15 is 0 Å². The Hall–Kier alpha value is -3.75. The standard InChI is InChI=1S/C24H26N4O5/c1-3-33-21-14-16(13-20(28(30)31)22(21)32-2)15-25-27-23(17-9-5-4-6-10-17)26-19-12-8-7-11-18(19)24(27)29/h7-8,11-15,17H,3-6,9-10H2,1-2H3. The van der Waals surface area contributed by atoms with Crippen molar-refractivity contribution in [3.8, 4) is 11.5 Å². The lowest BCUT2D eigenvalue weighted by atomic mass is 9.88. The van der Waals surface area contributed by atoms with Crippen LogP contribution in [0, 0.1) is 10.1 Å². The summed E-state index contributed by atoms with van der Waals surface area (Å²) in [4.78, 5) is 29.2. The van der Waals surface area contributed by atoms with Gasteiger partial charge in [0.2, 0.25) is 5.75 Å². The second-order valence-electron chi connectivity index (χ2n) is 7.95. The van der Waals surface area contributed by atoms with Gasteiger partial charge in [-0.25, -0.2) is 4.98 Å². The Morgan fingerprint density at radius 1 is 1.24 bits per heavy atom. The first-order valence-electron chi connectivity index (χ1n) is 11.1. The summed E-state index contributed by atoms with van der Waals surface area (Å²) in [6.45, 7) is 2.09. The van der Waals surface area contributed by atoms with Crippen molar-refractivity contribution in [2.24, 2.45) is 5.10 Å². The number of ether oxygens (including phenoxy) is 2. The van der Waals surface area contributed by atoms with Crippen molar-refractivity contribution in [3.05, 3.63) is 68.3 Å². The van der Waals surface area contributed by atoms with Crippen LogP contribution in [0.4, 0.5) is 5.69 Å². The number of nitrogens with zero attached hydrogens (tertiary/aromatic N) is 4. The number of nitro groups is 1. The maximum atomic E-state index is 13.3. The Morgan fingerprint density at radius 2 is 2.00 bits per heavy atom. The molecule has 0 N–H and O–H groups in total. The van der Waals surface area contributed by atoms with Gasteiger partial charge in [-0.3, -0.25) is 14.9 Å². The molecule has 9 heteroatoms.